The molecule has 0 aromatic heterocycles. The van der Waals surface area contributed by atoms with Crippen LogP contribution < -0.4 is 10.6 Å². The predicted molar refractivity (Wildman–Crippen MR) is 128 cm³/mol. The molecular formula is C25H29ClN4O4. The summed E-state index contributed by atoms with van der Waals surface area (Å²) in [7, 11) is 0. The zero-order chi connectivity index (χ0) is 24.3. The van der Waals surface area contributed by atoms with Gasteiger partial charge in [0.2, 0.25) is 5.91 Å². The van der Waals surface area contributed by atoms with Gasteiger partial charge in [0.15, 0.2) is 0 Å². The van der Waals surface area contributed by atoms with Crippen LogP contribution in [0.3, 0.4) is 0 Å². The van der Waals surface area contributed by atoms with Crippen molar-refractivity contribution in [2.45, 2.75) is 25.4 Å². The van der Waals surface area contributed by atoms with Crippen molar-refractivity contribution in [1.82, 2.24) is 20.4 Å². The average molecular weight is 485 g/mol. The van der Waals surface area contributed by atoms with Gasteiger partial charge in [-0.25, -0.2) is 4.79 Å². The van der Waals surface area contributed by atoms with Gasteiger partial charge in [-0.2, -0.15) is 0 Å². The molecule has 8 nitrogen and oxygen atoms in total. The first kappa shape index (κ1) is 24.2. The molecule has 0 bridgehead atoms. The van der Waals surface area contributed by atoms with Gasteiger partial charge in [-0.3, -0.25) is 19.4 Å². The van der Waals surface area contributed by atoms with Crippen LogP contribution in [0.4, 0.5) is 4.79 Å². The second-order valence-corrected chi connectivity index (χ2v) is 9.21. The normalized spacial score (nSPS) is 21.9. The standard InChI is InChI=1S/C25H29ClN4O4/c1-17-7-9-18(10-8-17)25(2)23(32)30(24(33)28-25)16-22(31)27-15-21(29-11-13-34-14-12-29)19-5-3-4-6-20(19)26/h3-10,21H,11-16H2,1-2H3,(H,27,31)(H,28,33). The van der Waals surface area contributed by atoms with Crippen molar-refractivity contribution in [2.24, 2.45) is 0 Å². The number of rotatable bonds is 7. The number of halogens is 1. The van der Waals surface area contributed by atoms with Gasteiger partial charge in [0.25, 0.3) is 5.91 Å². The Morgan fingerprint density at radius 1 is 1.15 bits per heavy atom. The number of aryl methyl sites for hydroxylation is 1. The molecule has 2 aromatic rings. The van der Waals surface area contributed by atoms with E-state index in [0.717, 1.165) is 16.0 Å². The Morgan fingerprint density at radius 2 is 1.82 bits per heavy atom. The highest BCUT2D eigenvalue weighted by Crippen LogP contribution is 2.30. The van der Waals surface area contributed by atoms with Gasteiger partial charge in [-0.05, 0) is 31.0 Å². The fraction of sp³-hybridized carbons (Fsp3) is 0.400. The van der Waals surface area contributed by atoms with E-state index in [2.05, 4.69) is 15.5 Å². The number of urea groups is 1. The quantitative estimate of drug-likeness (QED) is 0.589. The van der Waals surface area contributed by atoms with Crippen LogP contribution in [-0.4, -0.2) is 67.0 Å². The minimum absolute atomic E-state index is 0.150. The van der Waals surface area contributed by atoms with Crippen molar-refractivity contribution >= 4 is 29.4 Å². The average Bonchev–Trinajstić information content (AvgIpc) is 3.05. The summed E-state index contributed by atoms with van der Waals surface area (Å²) < 4.78 is 5.47. The number of benzene rings is 2. The summed E-state index contributed by atoms with van der Waals surface area (Å²) >= 11 is 6.45. The Morgan fingerprint density at radius 3 is 2.50 bits per heavy atom. The van der Waals surface area contributed by atoms with E-state index in [4.69, 9.17) is 16.3 Å². The molecule has 34 heavy (non-hydrogen) atoms. The van der Waals surface area contributed by atoms with Gasteiger partial charge in [0.05, 0.1) is 19.3 Å². The second-order valence-electron chi connectivity index (χ2n) is 8.80. The van der Waals surface area contributed by atoms with Crippen molar-refractivity contribution in [3.05, 3.63) is 70.2 Å². The van der Waals surface area contributed by atoms with E-state index in [-0.39, 0.29) is 12.6 Å². The molecule has 2 atom stereocenters. The lowest BCUT2D eigenvalue weighted by atomic mass is 9.91. The number of ether oxygens (including phenoxy) is 1. The Balaban J connectivity index is 1.44. The number of amides is 4. The largest absolute Gasteiger partial charge is 0.379 e. The Bertz CT molecular complexity index is 1070. The number of nitrogens with one attached hydrogen (secondary N) is 2. The highest BCUT2D eigenvalue weighted by molar-refractivity contribution is 6.31. The summed E-state index contributed by atoms with van der Waals surface area (Å²) in [5.41, 5.74) is 1.42. The van der Waals surface area contributed by atoms with Crippen molar-refractivity contribution in [2.75, 3.05) is 39.4 Å². The Kier molecular flexibility index (Phi) is 7.21. The fourth-order valence-corrected chi connectivity index (χ4v) is 4.67. The summed E-state index contributed by atoms with van der Waals surface area (Å²) in [4.78, 5) is 41.7. The number of morpholine rings is 1. The maximum atomic E-state index is 13.1. The highest BCUT2D eigenvalue weighted by Gasteiger charge is 2.49. The lowest BCUT2D eigenvalue weighted by molar-refractivity contribution is -0.134. The summed E-state index contributed by atoms with van der Waals surface area (Å²) in [5, 5.41) is 6.25. The molecule has 2 aliphatic rings. The summed E-state index contributed by atoms with van der Waals surface area (Å²) in [6.45, 7) is 6.18. The number of imide groups is 1. The Hall–Kier alpha value is -2.94. The van der Waals surface area contributed by atoms with Crippen molar-refractivity contribution < 1.29 is 19.1 Å². The van der Waals surface area contributed by atoms with Crippen LogP contribution in [0.5, 0.6) is 0 Å². The van der Waals surface area contributed by atoms with E-state index < -0.39 is 23.4 Å². The summed E-state index contributed by atoms with van der Waals surface area (Å²) in [5.74, 6) is -0.866. The number of hydrogen-bond acceptors (Lipinski definition) is 5. The molecule has 4 amide bonds. The maximum Gasteiger partial charge on any atom is 0.325 e. The first-order valence-corrected chi connectivity index (χ1v) is 11.7. The molecule has 2 saturated heterocycles. The lowest BCUT2D eigenvalue weighted by Gasteiger charge is -2.35. The number of carbonyl (C=O) groups excluding carboxylic acids is 3. The smallest absolute Gasteiger partial charge is 0.325 e. The van der Waals surface area contributed by atoms with Crippen molar-refractivity contribution in [3.8, 4) is 0 Å². The predicted octanol–water partition coefficient (Wildman–Crippen LogP) is 2.61. The molecule has 0 saturated carbocycles. The monoisotopic (exact) mass is 484 g/mol. The minimum atomic E-state index is -1.21. The van der Waals surface area contributed by atoms with Gasteiger partial charge in [-0.15, -0.1) is 0 Å². The molecule has 2 unspecified atom stereocenters. The molecule has 2 aliphatic heterocycles. The fourth-order valence-electron chi connectivity index (χ4n) is 4.40. The molecule has 0 radical (unpaired) electrons. The summed E-state index contributed by atoms with van der Waals surface area (Å²) in [6.07, 6.45) is 0. The van der Waals surface area contributed by atoms with Gasteiger partial charge in [0.1, 0.15) is 12.1 Å². The topological polar surface area (TPSA) is 91.0 Å². The lowest BCUT2D eigenvalue weighted by Crippen LogP contribution is -2.47. The molecule has 9 heteroatoms. The van der Waals surface area contributed by atoms with Crippen molar-refractivity contribution in [3.63, 3.8) is 0 Å². The van der Waals surface area contributed by atoms with E-state index in [1.54, 1.807) is 6.92 Å². The van der Waals surface area contributed by atoms with E-state index in [9.17, 15) is 14.4 Å². The Labute approximate surface area is 204 Å². The molecule has 2 heterocycles. The van der Waals surface area contributed by atoms with E-state index in [1.165, 1.54) is 0 Å². The van der Waals surface area contributed by atoms with Crippen molar-refractivity contribution in [1.29, 1.82) is 0 Å². The van der Waals surface area contributed by atoms with Crippen LogP contribution >= 0.6 is 11.6 Å². The highest BCUT2D eigenvalue weighted by atomic mass is 35.5. The zero-order valence-corrected chi connectivity index (χ0v) is 20.1. The molecule has 4 rings (SSSR count). The second kappa shape index (κ2) is 10.1. The molecule has 180 valence electrons. The number of carbonyl (C=O) groups is 3. The number of nitrogens with zero attached hydrogens (tertiary/aromatic N) is 2. The molecule has 0 spiro atoms. The first-order chi connectivity index (χ1) is 16.3. The molecule has 0 aliphatic carbocycles. The minimum Gasteiger partial charge on any atom is -0.379 e. The van der Waals surface area contributed by atoms with Gasteiger partial charge >= 0.3 is 6.03 Å². The van der Waals surface area contributed by atoms with E-state index in [0.29, 0.717) is 43.4 Å². The third-order valence-corrected chi connectivity index (χ3v) is 6.79. The summed E-state index contributed by atoms with van der Waals surface area (Å²) in [6, 6.07) is 14.2. The van der Waals surface area contributed by atoms with Crippen LogP contribution in [0.15, 0.2) is 48.5 Å². The third kappa shape index (κ3) is 4.94. The van der Waals surface area contributed by atoms with Crippen LogP contribution in [-0.2, 0) is 19.9 Å². The zero-order valence-electron chi connectivity index (χ0n) is 19.3. The molecule has 2 fully saturated rings. The van der Waals surface area contributed by atoms with Gasteiger partial charge < -0.3 is 15.4 Å². The SMILES string of the molecule is Cc1ccc(C2(C)NC(=O)N(CC(=O)NCC(c3ccccc3Cl)N3CCOCC3)C2=O)cc1. The van der Waals surface area contributed by atoms with Crippen LogP contribution in [0.1, 0.15) is 29.7 Å². The number of hydrogen-bond donors (Lipinski definition) is 2. The first-order valence-electron chi connectivity index (χ1n) is 11.3. The van der Waals surface area contributed by atoms with Gasteiger partial charge in [-0.1, -0.05) is 59.6 Å². The van der Waals surface area contributed by atoms with E-state index in [1.807, 2.05) is 55.5 Å². The molecular weight excluding hydrogens is 456 g/mol. The third-order valence-electron chi connectivity index (χ3n) is 6.45. The van der Waals surface area contributed by atoms with Crippen LogP contribution in [0, 0.1) is 6.92 Å². The molecule has 2 aromatic carbocycles. The van der Waals surface area contributed by atoms with Gasteiger partial charge in [0, 0.05) is 24.7 Å². The maximum absolute atomic E-state index is 13.1. The molecule has 2 N–H and O–H groups in total. The van der Waals surface area contributed by atoms with E-state index >= 15 is 0 Å². The van der Waals surface area contributed by atoms with Crippen LogP contribution in [0.2, 0.25) is 5.02 Å². The van der Waals surface area contributed by atoms with Crippen LogP contribution in [0.25, 0.3) is 0 Å².